The number of carboxylic acid groups (broad SMARTS) is 1. The Balaban J connectivity index is 2.10. The SMILES string of the molecule is CC(CC(=O)O)CC(=O)NCC(=O)NC1CC1. The van der Waals surface area contributed by atoms with Gasteiger partial charge in [-0.2, -0.15) is 0 Å². The Kier molecular flexibility index (Phi) is 4.93. The molecule has 0 aliphatic heterocycles. The molecule has 0 spiro atoms. The molecule has 1 saturated carbocycles. The van der Waals surface area contributed by atoms with Crippen LogP contribution in [0.2, 0.25) is 0 Å². The fourth-order valence-electron chi connectivity index (χ4n) is 1.44. The second-order valence-corrected chi connectivity index (χ2v) is 4.53. The zero-order valence-electron chi connectivity index (χ0n) is 9.86. The largest absolute Gasteiger partial charge is 0.481 e. The maximum absolute atomic E-state index is 11.4. The predicted octanol–water partition coefficient (Wildman–Crippen LogP) is -0.118. The van der Waals surface area contributed by atoms with E-state index in [2.05, 4.69) is 10.6 Å². The van der Waals surface area contributed by atoms with Gasteiger partial charge in [-0.1, -0.05) is 6.92 Å². The zero-order valence-corrected chi connectivity index (χ0v) is 9.86. The van der Waals surface area contributed by atoms with E-state index in [1.807, 2.05) is 0 Å². The highest BCUT2D eigenvalue weighted by Crippen LogP contribution is 2.18. The minimum Gasteiger partial charge on any atom is -0.481 e. The van der Waals surface area contributed by atoms with Crippen LogP contribution < -0.4 is 10.6 Å². The molecule has 96 valence electrons. The zero-order chi connectivity index (χ0) is 12.8. The smallest absolute Gasteiger partial charge is 0.303 e. The van der Waals surface area contributed by atoms with Gasteiger partial charge < -0.3 is 15.7 Å². The van der Waals surface area contributed by atoms with Crippen molar-refractivity contribution in [1.82, 2.24) is 10.6 Å². The number of amides is 2. The topological polar surface area (TPSA) is 95.5 Å². The van der Waals surface area contributed by atoms with Crippen molar-refractivity contribution in [3.05, 3.63) is 0 Å². The average Bonchev–Trinajstić information content (AvgIpc) is 2.97. The lowest BCUT2D eigenvalue weighted by molar-refractivity contribution is -0.138. The first kappa shape index (κ1) is 13.5. The molecule has 2 amide bonds. The Hall–Kier alpha value is -1.59. The lowest BCUT2D eigenvalue weighted by atomic mass is 10.0. The molecule has 0 aromatic carbocycles. The Bertz CT molecular complexity index is 313. The molecule has 1 atom stereocenters. The van der Waals surface area contributed by atoms with Gasteiger partial charge in [0, 0.05) is 18.9 Å². The number of hydrogen-bond acceptors (Lipinski definition) is 3. The number of hydrogen-bond donors (Lipinski definition) is 3. The molecule has 0 saturated heterocycles. The van der Waals surface area contributed by atoms with Crippen molar-refractivity contribution in [2.75, 3.05) is 6.54 Å². The molecule has 0 aromatic rings. The lowest BCUT2D eigenvalue weighted by Crippen LogP contribution is -2.38. The quantitative estimate of drug-likeness (QED) is 0.580. The first-order chi connectivity index (χ1) is 7.97. The predicted molar refractivity (Wildman–Crippen MR) is 60.2 cm³/mol. The van der Waals surface area contributed by atoms with Crippen LogP contribution >= 0.6 is 0 Å². The van der Waals surface area contributed by atoms with E-state index in [4.69, 9.17) is 5.11 Å². The van der Waals surface area contributed by atoms with E-state index in [0.29, 0.717) is 0 Å². The van der Waals surface area contributed by atoms with Crippen molar-refractivity contribution in [3.63, 3.8) is 0 Å². The molecule has 1 aliphatic carbocycles. The molecule has 6 heteroatoms. The number of aliphatic carboxylic acids is 1. The maximum atomic E-state index is 11.4. The van der Waals surface area contributed by atoms with Gasteiger partial charge in [0.2, 0.25) is 11.8 Å². The summed E-state index contributed by atoms with van der Waals surface area (Å²) in [6, 6.07) is 0.283. The Morgan fingerprint density at radius 1 is 1.24 bits per heavy atom. The van der Waals surface area contributed by atoms with E-state index in [1.165, 1.54) is 0 Å². The van der Waals surface area contributed by atoms with Gasteiger partial charge in [-0.25, -0.2) is 0 Å². The van der Waals surface area contributed by atoms with Gasteiger partial charge in [0.25, 0.3) is 0 Å². The van der Waals surface area contributed by atoms with Crippen molar-refractivity contribution in [2.24, 2.45) is 5.92 Å². The number of rotatable bonds is 7. The number of nitrogens with one attached hydrogen (secondary N) is 2. The van der Waals surface area contributed by atoms with E-state index in [9.17, 15) is 14.4 Å². The summed E-state index contributed by atoms with van der Waals surface area (Å²) in [5.41, 5.74) is 0. The van der Waals surface area contributed by atoms with Gasteiger partial charge in [-0.05, 0) is 18.8 Å². The first-order valence-corrected chi connectivity index (χ1v) is 5.75. The Morgan fingerprint density at radius 2 is 1.88 bits per heavy atom. The summed E-state index contributed by atoms with van der Waals surface area (Å²) in [5, 5.41) is 13.7. The van der Waals surface area contributed by atoms with Gasteiger partial charge >= 0.3 is 5.97 Å². The van der Waals surface area contributed by atoms with E-state index in [0.717, 1.165) is 12.8 Å². The van der Waals surface area contributed by atoms with Gasteiger partial charge in [0.15, 0.2) is 0 Å². The number of carbonyl (C=O) groups excluding carboxylic acids is 2. The van der Waals surface area contributed by atoms with Gasteiger partial charge in [-0.3, -0.25) is 14.4 Å². The lowest BCUT2D eigenvalue weighted by Gasteiger charge is -2.09. The highest BCUT2D eigenvalue weighted by atomic mass is 16.4. The molecule has 6 nitrogen and oxygen atoms in total. The van der Waals surface area contributed by atoms with Gasteiger partial charge in [-0.15, -0.1) is 0 Å². The monoisotopic (exact) mass is 242 g/mol. The van der Waals surface area contributed by atoms with Crippen molar-refractivity contribution in [1.29, 1.82) is 0 Å². The van der Waals surface area contributed by atoms with Crippen LogP contribution in [0.5, 0.6) is 0 Å². The van der Waals surface area contributed by atoms with E-state index < -0.39 is 5.97 Å². The molecule has 0 heterocycles. The molecular weight excluding hydrogens is 224 g/mol. The summed E-state index contributed by atoms with van der Waals surface area (Å²) in [5.74, 6) is -1.62. The van der Waals surface area contributed by atoms with Crippen molar-refractivity contribution in [2.45, 2.75) is 38.6 Å². The molecule has 1 rings (SSSR count). The first-order valence-electron chi connectivity index (χ1n) is 5.75. The van der Waals surface area contributed by atoms with Crippen molar-refractivity contribution >= 4 is 17.8 Å². The molecule has 1 unspecified atom stereocenters. The molecule has 0 aromatic heterocycles. The van der Waals surface area contributed by atoms with E-state index in [-0.39, 0.29) is 43.2 Å². The van der Waals surface area contributed by atoms with E-state index in [1.54, 1.807) is 6.92 Å². The Morgan fingerprint density at radius 3 is 2.41 bits per heavy atom. The van der Waals surface area contributed by atoms with Crippen LogP contribution in [0.4, 0.5) is 0 Å². The van der Waals surface area contributed by atoms with Crippen LogP contribution in [0.25, 0.3) is 0 Å². The summed E-state index contributed by atoms with van der Waals surface area (Å²) < 4.78 is 0. The van der Waals surface area contributed by atoms with E-state index >= 15 is 0 Å². The third-order valence-electron chi connectivity index (χ3n) is 2.45. The van der Waals surface area contributed by atoms with Gasteiger partial charge in [0.05, 0.1) is 6.54 Å². The summed E-state index contributed by atoms with van der Waals surface area (Å²) >= 11 is 0. The molecule has 17 heavy (non-hydrogen) atoms. The minimum absolute atomic E-state index is 0.0326. The molecule has 0 bridgehead atoms. The minimum atomic E-state index is -0.920. The fourth-order valence-corrected chi connectivity index (χ4v) is 1.44. The Labute approximate surface area is 99.8 Å². The van der Waals surface area contributed by atoms with Crippen LogP contribution in [-0.4, -0.2) is 35.5 Å². The molecule has 1 aliphatic rings. The molecule has 0 radical (unpaired) electrons. The summed E-state index contributed by atoms with van der Waals surface area (Å²) in [4.78, 5) is 33.0. The second-order valence-electron chi connectivity index (χ2n) is 4.53. The van der Waals surface area contributed by atoms with Gasteiger partial charge in [0.1, 0.15) is 0 Å². The standard InChI is InChI=1S/C11H18N2O4/c1-7(5-11(16)17)4-9(14)12-6-10(15)13-8-2-3-8/h7-8H,2-6H2,1H3,(H,12,14)(H,13,15)(H,16,17). The molecule has 3 N–H and O–H groups in total. The summed E-state index contributed by atoms with van der Waals surface area (Å²) in [6.07, 6.45) is 2.11. The van der Waals surface area contributed by atoms with Crippen LogP contribution in [0.3, 0.4) is 0 Å². The highest BCUT2D eigenvalue weighted by molar-refractivity contribution is 5.85. The number of carbonyl (C=O) groups is 3. The average molecular weight is 242 g/mol. The summed E-state index contributed by atoms with van der Waals surface area (Å²) in [7, 11) is 0. The number of carboxylic acids is 1. The molecular formula is C11H18N2O4. The third-order valence-corrected chi connectivity index (χ3v) is 2.45. The van der Waals surface area contributed by atoms with Crippen LogP contribution in [0.1, 0.15) is 32.6 Å². The van der Waals surface area contributed by atoms with Crippen molar-refractivity contribution in [3.8, 4) is 0 Å². The molecule has 1 fully saturated rings. The van der Waals surface area contributed by atoms with Crippen LogP contribution in [0, 0.1) is 5.92 Å². The second kappa shape index (κ2) is 6.22. The fraction of sp³-hybridized carbons (Fsp3) is 0.727. The van der Waals surface area contributed by atoms with Crippen LogP contribution in [0.15, 0.2) is 0 Å². The van der Waals surface area contributed by atoms with Crippen LogP contribution in [-0.2, 0) is 14.4 Å². The summed E-state index contributed by atoms with van der Waals surface area (Å²) in [6.45, 7) is 1.66. The van der Waals surface area contributed by atoms with Crippen molar-refractivity contribution < 1.29 is 19.5 Å². The third kappa shape index (κ3) is 6.55. The normalized spacial score (nSPS) is 16.1. The highest BCUT2D eigenvalue weighted by Gasteiger charge is 2.23. The maximum Gasteiger partial charge on any atom is 0.303 e.